The monoisotopic (exact) mass is 636 g/mol. The van der Waals surface area contributed by atoms with E-state index in [1.165, 1.54) is 22.4 Å². The number of pyridine rings is 1. The van der Waals surface area contributed by atoms with Crippen molar-refractivity contribution in [3.63, 3.8) is 0 Å². The van der Waals surface area contributed by atoms with Gasteiger partial charge >= 0.3 is 0 Å². The molecule has 192 valence electrons. The van der Waals surface area contributed by atoms with Crippen molar-refractivity contribution in [3.8, 4) is 0 Å². The Morgan fingerprint density at radius 1 is 1.00 bits per heavy atom. The number of nitrogens with zero attached hydrogens (tertiary/aromatic N) is 2. The molecule has 1 aromatic heterocycles. The summed E-state index contributed by atoms with van der Waals surface area (Å²) in [6.45, 7) is 2.96. The lowest BCUT2D eigenvalue weighted by molar-refractivity contribution is -0.185. The minimum absolute atomic E-state index is 0.0922. The van der Waals surface area contributed by atoms with Crippen LogP contribution in [0, 0.1) is 11.8 Å². The van der Waals surface area contributed by atoms with Gasteiger partial charge in [0.2, 0.25) is 5.91 Å². The number of piperidine rings is 1. The zero-order valence-corrected chi connectivity index (χ0v) is 24.2. The third-order valence-electron chi connectivity index (χ3n) is 8.65. The summed E-state index contributed by atoms with van der Waals surface area (Å²) in [7, 11) is 0. The van der Waals surface area contributed by atoms with Gasteiger partial charge < -0.3 is 14.4 Å². The van der Waals surface area contributed by atoms with E-state index < -0.39 is 5.79 Å². The SMILES string of the molecule is O=C(C1CCC2(CC1)OCCO2)N1CCC(C2c3ncc(Br)cc3CCc3cc(Cl)cc(Br)c32)CC1. The molecular formula is C28H31Br2ClN2O3. The van der Waals surface area contributed by atoms with Gasteiger partial charge in [0.1, 0.15) is 0 Å². The first-order valence-electron chi connectivity index (χ1n) is 13.1. The van der Waals surface area contributed by atoms with Gasteiger partial charge in [0, 0.05) is 57.9 Å². The van der Waals surface area contributed by atoms with Crippen LogP contribution >= 0.6 is 43.5 Å². The van der Waals surface area contributed by atoms with Crippen molar-refractivity contribution in [2.45, 2.75) is 63.1 Å². The molecule has 2 aromatic rings. The number of rotatable bonds is 2. The van der Waals surface area contributed by atoms with Gasteiger partial charge in [-0.3, -0.25) is 9.78 Å². The fourth-order valence-electron chi connectivity index (χ4n) is 6.83. The predicted octanol–water partition coefficient (Wildman–Crippen LogP) is 6.66. The molecule has 1 atom stereocenters. The van der Waals surface area contributed by atoms with Crippen molar-refractivity contribution in [1.82, 2.24) is 9.88 Å². The molecule has 2 aliphatic heterocycles. The van der Waals surface area contributed by atoms with Crippen LogP contribution in [-0.4, -0.2) is 47.9 Å². The van der Waals surface area contributed by atoms with Crippen LogP contribution in [0.25, 0.3) is 0 Å². The van der Waals surface area contributed by atoms with Crippen LogP contribution in [0.3, 0.4) is 0 Å². The zero-order valence-electron chi connectivity index (χ0n) is 20.3. The molecular weight excluding hydrogens is 608 g/mol. The highest BCUT2D eigenvalue weighted by Gasteiger charge is 2.43. The molecule has 1 amide bonds. The minimum Gasteiger partial charge on any atom is -0.348 e. The van der Waals surface area contributed by atoms with E-state index in [1.807, 2.05) is 12.3 Å². The Balaban J connectivity index is 1.20. The summed E-state index contributed by atoms with van der Waals surface area (Å²) in [6.07, 6.45) is 9.14. The summed E-state index contributed by atoms with van der Waals surface area (Å²) >= 11 is 13.9. The van der Waals surface area contributed by atoms with Crippen molar-refractivity contribution in [2.24, 2.45) is 11.8 Å². The number of hydrogen-bond acceptors (Lipinski definition) is 4. The summed E-state index contributed by atoms with van der Waals surface area (Å²) < 4.78 is 13.8. The maximum absolute atomic E-state index is 13.4. The summed E-state index contributed by atoms with van der Waals surface area (Å²) in [5.74, 6) is 0.612. The fourth-order valence-corrected chi connectivity index (χ4v) is 8.33. The Morgan fingerprint density at radius 3 is 2.42 bits per heavy atom. The Morgan fingerprint density at radius 2 is 1.69 bits per heavy atom. The van der Waals surface area contributed by atoms with Gasteiger partial charge in [-0.15, -0.1) is 0 Å². The molecule has 1 saturated carbocycles. The lowest BCUT2D eigenvalue weighted by Crippen LogP contribution is -2.45. The molecule has 3 fully saturated rings. The number of likely N-dealkylation sites (tertiary alicyclic amines) is 1. The largest absolute Gasteiger partial charge is 0.348 e. The lowest BCUT2D eigenvalue weighted by atomic mass is 9.76. The zero-order chi connectivity index (χ0) is 24.9. The van der Waals surface area contributed by atoms with E-state index in [1.54, 1.807) is 0 Å². The minimum atomic E-state index is -0.414. The van der Waals surface area contributed by atoms with Gasteiger partial charge in [-0.25, -0.2) is 0 Å². The smallest absolute Gasteiger partial charge is 0.225 e. The maximum Gasteiger partial charge on any atom is 0.225 e. The van der Waals surface area contributed by atoms with Crippen molar-refractivity contribution in [1.29, 1.82) is 0 Å². The molecule has 8 heteroatoms. The number of hydrogen-bond donors (Lipinski definition) is 0. The quantitative estimate of drug-likeness (QED) is 0.369. The average molecular weight is 639 g/mol. The molecule has 5 nitrogen and oxygen atoms in total. The molecule has 1 unspecified atom stereocenters. The Bertz CT molecular complexity index is 1150. The van der Waals surface area contributed by atoms with Gasteiger partial charge in [0.05, 0.1) is 18.9 Å². The second-order valence-electron chi connectivity index (χ2n) is 10.7. The number of halogens is 3. The summed E-state index contributed by atoms with van der Waals surface area (Å²) in [5.41, 5.74) is 5.12. The number of aryl methyl sites for hydroxylation is 2. The first-order valence-corrected chi connectivity index (χ1v) is 15.1. The molecule has 2 saturated heterocycles. The number of ether oxygens (including phenoxy) is 2. The van der Waals surface area contributed by atoms with Crippen LogP contribution in [0.15, 0.2) is 33.3 Å². The molecule has 0 N–H and O–H groups in total. The maximum atomic E-state index is 13.4. The van der Waals surface area contributed by atoms with Crippen molar-refractivity contribution in [2.75, 3.05) is 26.3 Å². The highest BCUT2D eigenvalue weighted by atomic mass is 79.9. The highest BCUT2D eigenvalue weighted by molar-refractivity contribution is 9.10. The molecule has 3 heterocycles. The van der Waals surface area contributed by atoms with Gasteiger partial charge in [-0.2, -0.15) is 0 Å². The van der Waals surface area contributed by atoms with Crippen LogP contribution in [0.2, 0.25) is 5.02 Å². The Hall–Kier alpha value is -0.990. The lowest BCUT2D eigenvalue weighted by Gasteiger charge is -2.40. The first kappa shape index (κ1) is 25.3. The topological polar surface area (TPSA) is 51.7 Å². The second kappa shape index (κ2) is 10.3. The predicted molar refractivity (Wildman–Crippen MR) is 146 cm³/mol. The van der Waals surface area contributed by atoms with Gasteiger partial charge in [-0.05, 0) is 95.3 Å². The number of benzene rings is 1. The Labute approximate surface area is 234 Å². The Kier molecular flexibility index (Phi) is 7.23. The summed E-state index contributed by atoms with van der Waals surface area (Å²) in [5, 5.41) is 0.766. The number of fused-ring (bicyclic) bond motifs is 2. The van der Waals surface area contributed by atoms with E-state index in [4.69, 9.17) is 26.1 Å². The third-order valence-corrected chi connectivity index (χ3v) is 9.96. The standard InChI is InChI=1S/C28H31Br2ClN2O3/c29-21-13-20-2-1-19-14-22(31)15-23(30)24(19)25(26(20)32-16-21)17-5-9-33(10-6-17)27(34)18-3-7-28(8-4-18)35-11-12-36-28/h13-18,25H,1-12H2. The second-order valence-corrected chi connectivity index (χ2v) is 12.9. The van der Waals surface area contributed by atoms with Crippen molar-refractivity contribution >= 4 is 49.4 Å². The van der Waals surface area contributed by atoms with E-state index in [0.29, 0.717) is 25.0 Å². The van der Waals surface area contributed by atoms with E-state index in [9.17, 15) is 4.79 Å². The molecule has 1 aromatic carbocycles. The average Bonchev–Trinajstić information content (AvgIpc) is 3.26. The van der Waals surface area contributed by atoms with E-state index in [-0.39, 0.29) is 11.8 Å². The molecule has 4 aliphatic rings. The van der Waals surface area contributed by atoms with Crippen molar-refractivity contribution in [3.05, 3.63) is 60.7 Å². The molecule has 0 radical (unpaired) electrons. The van der Waals surface area contributed by atoms with Gasteiger partial charge in [-0.1, -0.05) is 27.5 Å². The van der Waals surface area contributed by atoms with E-state index >= 15 is 0 Å². The molecule has 6 rings (SSSR count). The molecule has 0 bridgehead atoms. The molecule has 36 heavy (non-hydrogen) atoms. The first-order chi connectivity index (χ1) is 17.4. The van der Waals surface area contributed by atoms with Crippen LogP contribution in [-0.2, 0) is 27.1 Å². The van der Waals surface area contributed by atoms with Crippen LogP contribution < -0.4 is 0 Å². The number of amides is 1. The van der Waals surface area contributed by atoms with Crippen molar-refractivity contribution < 1.29 is 14.3 Å². The van der Waals surface area contributed by atoms with E-state index in [0.717, 1.165) is 78.4 Å². The fraction of sp³-hybridized carbons (Fsp3) is 0.571. The molecule has 2 aliphatic carbocycles. The molecule has 1 spiro atoms. The van der Waals surface area contributed by atoms with Crippen LogP contribution in [0.1, 0.15) is 66.8 Å². The number of carbonyl (C=O) groups excluding carboxylic acids is 1. The van der Waals surface area contributed by atoms with Crippen LogP contribution in [0.4, 0.5) is 0 Å². The summed E-state index contributed by atoms with van der Waals surface area (Å²) in [4.78, 5) is 20.5. The van der Waals surface area contributed by atoms with E-state index in [2.05, 4.69) is 48.9 Å². The normalized spacial score (nSPS) is 24.4. The number of carbonyl (C=O) groups is 1. The van der Waals surface area contributed by atoms with Gasteiger partial charge in [0.15, 0.2) is 5.79 Å². The highest BCUT2D eigenvalue weighted by Crippen LogP contribution is 2.46. The summed E-state index contributed by atoms with van der Waals surface area (Å²) in [6, 6.07) is 6.37. The van der Waals surface area contributed by atoms with Gasteiger partial charge in [0.25, 0.3) is 0 Å². The third kappa shape index (κ3) is 4.79. The number of aromatic nitrogens is 1. The van der Waals surface area contributed by atoms with Crippen LogP contribution in [0.5, 0.6) is 0 Å².